The molecule has 0 heterocycles. The minimum absolute atomic E-state index is 0.828. The Kier molecular flexibility index (Phi) is 8.09. The van der Waals surface area contributed by atoms with Gasteiger partial charge in [0.1, 0.15) is 0 Å². The molecule has 0 bridgehead atoms. The second-order valence-electron chi connectivity index (χ2n) is 1.56. The minimum atomic E-state index is 0.828. The Balaban J connectivity index is 2.66. The molecule has 0 radical (unpaired) electrons. The van der Waals surface area contributed by atoms with E-state index in [1.165, 1.54) is 0 Å². The zero-order valence-corrected chi connectivity index (χ0v) is 6.75. The summed E-state index contributed by atoms with van der Waals surface area (Å²) in [5, 5.41) is 0. The molecule has 0 aromatic rings. The molecule has 0 atom stereocenters. The Morgan fingerprint density at radius 2 is 2.44 bits per heavy atom. The molecule has 0 unspecified atom stereocenters. The first kappa shape index (κ1) is 9.05. The van der Waals surface area contributed by atoms with Gasteiger partial charge in [-0.1, -0.05) is 6.08 Å². The van der Waals surface area contributed by atoms with E-state index in [4.69, 9.17) is 4.74 Å². The van der Waals surface area contributed by atoms with Crippen LogP contribution in [-0.4, -0.2) is 24.7 Å². The third-order valence-corrected chi connectivity index (χ3v) is 1.74. The fourth-order valence-corrected chi connectivity index (χ4v) is 0.998. The van der Waals surface area contributed by atoms with Crippen LogP contribution in [0.2, 0.25) is 0 Å². The van der Waals surface area contributed by atoms with Crippen molar-refractivity contribution in [2.45, 2.75) is 6.92 Å². The van der Waals surface area contributed by atoms with Crippen LogP contribution in [0.3, 0.4) is 0 Å². The molecule has 0 aliphatic carbocycles. The van der Waals surface area contributed by atoms with E-state index in [2.05, 4.69) is 6.58 Å². The molecule has 0 aromatic carbocycles. The largest absolute Gasteiger partial charge is 0.381 e. The standard InChI is InChI=1S/C7H14OS/c1-3-6-9-7-5-8-4-2/h3H,1,4-7H2,2H3. The highest BCUT2D eigenvalue weighted by molar-refractivity contribution is 7.99. The number of hydrogen-bond acceptors (Lipinski definition) is 2. The van der Waals surface area contributed by atoms with E-state index >= 15 is 0 Å². The van der Waals surface area contributed by atoms with E-state index in [0.717, 1.165) is 24.7 Å². The zero-order chi connectivity index (χ0) is 6.95. The lowest BCUT2D eigenvalue weighted by atomic mass is 10.8. The van der Waals surface area contributed by atoms with E-state index in [1.807, 2.05) is 24.8 Å². The van der Waals surface area contributed by atoms with Gasteiger partial charge in [-0.3, -0.25) is 0 Å². The second-order valence-corrected chi connectivity index (χ2v) is 2.71. The summed E-state index contributed by atoms with van der Waals surface area (Å²) in [6.45, 7) is 7.33. The van der Waals surface area contributed by atoms with Crippen molar-refractivity contribution < 1.29 is 4.74 Å². The summed E-state index contributed by atoms with van der Waals surface area (Å²) in [5.74, 6) is 2.12. The monoisotopic (exact) mass is 146 g/mol. The van der Waals surface area contributed by atoms with Gasteiger partial charge in [0, 0.05) is 18.1 Å². The summed E-state index contributed by atoms with van der Waals surface area (Å²) in [5.41, 5.74) is 0. The Hall–Kier alpha value is 0.0500. The van der Waals surface area contributed by atoms with E-state index in [1.54, 1.807) is 0 Å². The molecule has 0 N–H and O–H groups in total. The van der Waals surface area contributed by atoms with Crippen LogP contribution in [0.4, 0.5) is 0 Å². The van der Waals surface area contributed by atoms with E-state index in [-0.39, 0.29) is 0 Å². The molecule has 0 spiro atoms. The first-order valence-electron chi connectivity index (χ1n) is 3.18. The normalized spacial score (nSPS) is 9.44. The van der Waals surface area contributed by atoms with Crippen LogP contribution >= 0.6 is 11.8 Å². The van der Waals surface area contributed by atoms with Crippen molar-refractivity contribution in [1.82, 2.24) is 0 Å². The predicted octanol–water partition coefficient (Wildman–Crippen LogP) is 1.94. The molecular weight excluding hydrogens is 132 g/mol. The molecule has 0 fully saturated rings. The van der Waals surface area contributed by atoms with Crippen molar-refractivity contribution in [3.63, 3.8) is 0 Å². The Labute approximate surface area is 61.5 Å². The topological polar surface area (TPSA) is 9.23 Å². The van der Waals surface area contributed by atoms with Gasteiger partial charge < -0.3 is 4.74 Å². The van der Waals surface area contributed by atoms with Gasteiger partial charge in [0.15, 0.2) is 0 Å². The minimum Gasteiger partial charge on any atom is -0.381 e. The van der Waals surface area contributed by atoms with Crippen molar-refractivity contribution >= 4 is 11.8 Å². The van der Waals surface area contributed by atoms with Gasteiger partial charge in [-0.05, 0) is 6.92 Å². The summed E-state index contributed by atoms with van der Waals surface area (Å²) in [7, 11) is 0. The summed E-state index contributed by atoms with van der Waals surface area (Å²) in [4.78, 5) is 0. The molecule has 1 nitrogen and oxygen atoms in total. The molecular formula is C7H14OS. The van der Waals surface area contributed by atoms with Crippen LogP contribution in [0.15, 0.2) is 12.7 Å². The molecule has 54 valence electrons. The fourth-order valence-electron chi connectivity index (χ4n) is 0.429. The lowest BCUT2D eigenvalue weighted by molar-refractivity contribution is 0.164. The molecule has 9 heavy (non-hydrogen) atoms. The molecule has 2 heteroatoms. The van der Waals surface area contributed by atoms with Crippen molar-refractivity contribution in [2.24, 2.45) is 0 Å². The van der Waals surface area contributed by atoms with Gasteiger partial charge in [-0.15, -0.1) is 6.58 Å². The van der Waals surface area contributed by atoms with Gasteiger partial charge >= 0.3 is 0 Å². The molecule has 0 aliphatic rings. The molecule has 0 saturated heterocycles. The second kappa shape index (κ2) is 8.05. The summed E-state index contributed by atoms with van der Waals surface area (Å²) in [6.07, 6.45) is 1.91. The third-order valence-electron chi connectivity index (χ3n) is 0.812. The molecule has 0 rings (SSSR count). The molecule has 0 aliphatic heterocycles. The quantitative estimate of drug-likeness (QED) is 0.418. The van der Waals surface area contributed by atoms with E-state index < -0.39 is 0 Å². The van der Waals surface area contributed by atoms with Crippen LogP contribution in [0.5, 0.6) is 0 Å². The Morgan fingerprint density at radius 3 is 3.00 bits per heavy atom. The van der Waals surface area contributed by atoms with Crippen molar-refractivity contribution in [3.05, 3.63) is 12.7 Å². The smallest absolute Gasteiger partial charge is 0.0556 e. The maximum Gasteiger partial charge on any atom is 0.0556 e. The van der Waals surface area contributed by atoms with Gasteiger partial charge in [0.2, 0.25) is 0 Å². The lowest BCUT2D eigenvalue weighted by Crippen LogP contribution is -1.95. The van der Waals surface area contributed by atoms with E-state index in [9.17, 15) is 0 Å². The maximum absolute atomic E-state index is 5.12. The van der Waals surface area contributed by atoms with Crippen molar-refractivity contribution in [3.8, 4) is 0 Å². The number of rotatable bonds is 6. The van der Waals surface area contributed by atoms with E-state index in [0.29, 0.717) is 0 Å². The first-order valence-corrected chi connectivity index (χ1v) is 4.33. The number of ether oxygens (including phenoxy) is 1. The van der Waals surface area contributed by atoms with Crippen LogP contribution in [0, 0.1) is 0 Å². The van der Waals surface area contributed by atoms with Gasteiger partial charge in [0.05, 0.1) is 6.61 Å². The first-order chi connectivity index (χ1) is 4.41. The third kappa shape index (κ3) is 8.05. The molecule has 0 saturated carbocycles. The summed E-state index contributed by atoms with van der Waals surface area (Å²) in [6, 6.07) is 0. The Morgan fingerprint density at radius 1 is 1.67 bits per heavy atom. The van der Waals surface area contributed by atoms with Gasteiger partial charge in [0.25, 0.3) is 0 Å². The SMILES string of the molecule is C=CCSCCOCC. The number of thioether (sulfide) groups is 1. The molecule has 0 amide bonds. The van der Waals surface area contributed by atoms with Crippen molar-refractivity contribution in [2.75, 3.05) is 24.7 Å². The van der Waals surface area contributed by atoms with Crippen molar-refractivity contribution in [1.29, 1.82) is 0 Å². The number of hydrogen-bond donors (Lipinski definition) is 0. The van der Waals surface area contributed by atoms with Gasteiger partial charge in [-0.25, -0.2) is 0 Å². The molecule has 0 aromatic heterocycles. The highest BCUT2D eigenvalue weighted by atomic mass is 32.2. The fraction of sp³-hybridized carbons (Fsp3) is 0.714. The average Bonchev–Trinajstić information content (AvgIpc) is 1.89. The lowest BCUT2D eigenvalue weighted by Gasteiger charge is -1.97. The highest BCUT2D eigenvalue weighted by Crippen LogP contribution is 1.98. The zero-order valence-electron chi connectivity index (χ0n) is 5.93. The van der Waals surface area contributed by atoms with Crippen LogP contribution in [0.25, 0.3) is 0 Å². The average molecular weight is 146 g/mol. The van der Waals surface area contributed by atoms with Gasteiger partial charge in [-0.2, -0.15) is 11.8 Å². The maximum atomic E-state index is 5.12. The summed E-state index contributed by atoms with van der Waals surface area (Å²) < 4.78 is 5.12. The summed E-state index contributed by atoms with van der Waals surface area (Å²) >= 11 is 1.85. The van der Waals surface area contributed by atoms with Crippen LogP contribution in [0.1, 0.15) is 6.92 Å². The highest BCUT2D eigenvalue weighted by Gasteiger charge is 1.83. The predicted molar refractivity (Wildman–Crippen MR) is 44.0 cm³/mol. The Bertz CT molecular complexity index is 63.9. The van der Waals surface area contributed by atoms with Crippen LogP contribution < -0.4 is 0 Å². The van der Waals surface area contributed by atoms with Crippen LogP contribution in [-0.2, 0) is 4.74 Å².